The lowest BCUT2D eigenvalue weighted by atomic mass is 10.1. The van der Waals surface area contributed by atoms with Gasteiger partial charge in [-0.1, -0.05) is 34.1 Å². The van der Waals surface area contributed by atoms with Crippen LogP contribution in [0.5, 0.6) is 0 Å². The fourth-order valence-electron chi connectivity index (χ4n) is 1.86. The van der Waals surface area contributed by atoms with Gasteiger partial charge < -0.3 is 5.73 Å². The summed E-state index contributed by atoms with van der Waals surface area (Å²) in [4.78, 5) is 0.0132. The number of sulfonamides is 1. The molecule has 0 radical (unpaired) electrons. The van der Waals surface area contributed by atoms with Gasteiger partial charge in [-0.05, 0) is 36.2 Å². The Bertz CT molecular complexity index is 750. The summed E-state index contributed by atoms with van der Waals surface area (Å²) >= 11 is 3.22. The van der Waals surface area contributed by atoms with Crippen LogP contribution in [0.4, 0.5) is 10.1 Å². The summed E-state index contributed by atoms with van der Waals surface area (Å²) in [6.07, 6.45) is 0.266. The van der Waals surface area contributed by atoms with Crippen LogP contribution in [0.15, 0.2) is 51.8 Å². The van der Waals surface area contributed by atoms with Crippen molar-refractivity contribution in [3.63, 3.8) is 0 Å². The quantitative estimate of drug-likeness (QED) is 0.792. The van der Waals surface area contributed by atoms with E-state index in [9.17, 15) is 12.8 Å². The first kappa shape index (κ1) is 15.9. The smallest absolute Gasteiger partial charge is 0.242 e. The first-order chi connectivity index (χ1) is 9.90. The molecule has 0 heterocycles. The largest absolute Gasteiger partial charge is 0.398 e. The Kier molecular flexibility index (Phi) is 4.97. The second kappa shape index (κ2) is 6.55. The van der Waals surface area contributed by atoms with Crippen LogP contribution in [0.2, 0.25) is 0 Å². The third-order valence-electron chi connectivity index (χ3n) is 2.91. The Morgan fingerprint density at radius 1 is 1.19 bits per heavy atom. The predicted molar refractivity (Wildman–Crippen MR) is 83.8 cm³/mol. The van der Waals surface area contributed by atoms with Gasteiger partial charge in [-0.25, -0.2) is 17.5 Å². The van der Waals surface area contributed by atoms with Crippen LogP contribution in [-0.4, -0.2) is 15.0 Å². The number of nitrogen functional groups attached to an aromatic ring is 1. The lowest BCUT2D eigenvalue weighted by molar-refractivity contribution is 0.578. The molecule has 0 atom stereocenters. The molecule has 2 aromatic carbocycles. The first-order valence-corrected chi connectivity index (χ1v) is 8.46. The number of anilines is 1. The summed E-state index contributed by atoms with van der Waals surface area (Å²) in [6, 6.07) is 10.8. The zero-order chi connectivity index (χ0) is 15.5. The highest BCUT2D eigenvalue weighted by atomic mass is 79.9. The van der Waals surface area contributed by atoms with Crippen LogP contribution in [0.3, 0.4) is 0 Å². The van der Waals surface area contributed by atoms with Crippen molar-refractivity contribution in [2.24, 2.45) is 0 Å². The van der Waals surface area contributed by atoms with Gasteiger partial charge in [0.1, 0.15) is 10.7 Å². The Hall–Kier alpha value is -1.44. The maximum absolute atomic E-state index is 13.4. The SMILES string of the molecule is Nc1cc(Br)ccc1S(=O)(=O)NCCc1ccccc1F. The van der Waals surface area contributed by atoms with Crippen molar-refractivity contribution in [3.8, 4) is 0 Å². The van der Waals surface area contributed by atoms with E-state index in [1.165, 1.54) is 18.2 Å². The zero-order valence-corrected chi connectivity index (χ0v) is 13.4. The van der Waals surface area contributed by atoms with E-state index >= 15 is 0 Å². The standard InChI is InChI=1S/C14H14BrFN2O2S/c15-11-5-6-14(13(17)9-11)21(19,20)18-8-7-10-3-1-2-4-12(10)16/h1-6,9,18H,7-8,17H2. The van der Waals surface area contributed by atoms with E-state index in [0.29, 0.717) is 10.0 Å². The van der Waals surface area contributed by atoms with Crippen LogP contribution in [0.1, 0.15) is 5.56 Å². The number of nitrogens with one attached hydrogen (secondary N) is 1. The predicted octanol–water partition coefficient (Wildman–Crippen LogP) is 2.69. The van der Waals surface area contributed by atoms with Gasteiger partial charge in [-0.15, -0.1) is 0 Å². The molecule has 2 aromatic rings. The molecule has 0 fully saturated rings. The van der Waals surface area contributed by atoms with Gasteiger partial charge in [0.15, 0.2) is 0 Å². The molecule has 0 aromatic heterocycles. The van der Waals surface area contributed by atoms with Gasteiger partial charge in [0, 0.05) is 11.0 Å². The second-order valence-electron chi connectivity index (χ2n) is 4.42. The van der Waals surface area contributed by atoms with Crippen molar-refractivity contribution in [2.45, 2.75) is 11.3 Å². The van der Waals surface area contributed by atoms with Crippen LogP contribution < -0.4 is 10.5 Å². The van der Waals surface area contributed by atoms with Crippen molar-refractivity contribution in [1.29, 1.82) is 0 Å². The molecule has 0 unspecified atom stereocenters. The monoisotopic (exact) mass is 372 g/mol. The molecule has 3 N–H and O–H groups in total. The lowest BCUT2D eigenvalue weighted by Crippen LogP contribution is -2.27. The molecular weight excluding hydrogens is 359 g/mol. The minimum absolute atomic E-state index is 0.0132. The summed E-state index contributed by atoms with van der Waals surface area (Å²) in [5.74, 6) is -0.347. The molecule has 4 nitrogen and oxygen atoms in total. The number of hydrogen-bond donors (Lipinski definition) is 2. The number of halogens is 2. The second-order valence-corrected chi connectivity index (χ2v) is 7.07. The molecule has 0 aliphatic carbocycles. The normalized spacial score (nSPS) is 11.5. The Balaban J connectivity index is 2.07. The molecule has 7 heteroatoms. The highest BCUT2D eigenvalue weighted by molar-refractivity contribution is 9.10. The van der Waals surface area contributed by atoms with Crippen molar-refractivity contribution in [3.05, 3.63) is 58.3 Å². The van der Waals surface area contributed by atoms with E-state index in [4.69, 9.17) is 5.73 Å². The molecule has 0 aliphatic heterocycles. The Labute approximate surface area is 131 Å². The van der Waals surface area contributed by atoms with E-state index in [1.54, 1.807) is 24.3 Å². The van der Waals surface area contributed by atoms with Crippen LogP contribution in [-0.2, 0) is 16.4 Å². The van der Waals surface area contributed by atoms with Gasteiger partial charge in [-0.3, -0.25) is 0 Å². The average molecular weight is 373 g/mol. The topological polar surface area (TPSA) is 72.2 Å². The summed E-state index contributed by atoms with van der Waals surface area (Å²) in [7, 11) is -3.71. The minimum Gasteiger partial charge on any atom is -0.398 e. The van der Waals surface area contributed by atoms with Gasteiger partial charge in [0.2, 0.25) is 10.0 Å². The molecule has 112 valence electrons. The van der Waals surface area contributed by atoms with Crippen LogP contribution in [0, 0.1) is 5.82 Å². The fourth-order valence-corrected chi connectivity index (χ4v) is 3.38. The van der Waals surface area contributed by atoms with E-state index in [0.717, 1.165) is 0 Å². The van der Waals surface area contributed by atoms with Crippen molar-refractivity contribution in [1.82, 2.24) is 4.72 Å². The van der Waals surface area contributed by atoms with Gasteiger partial charge in [0.25, 0.3) is 0 Å². The third kappa shape index (κ3) is 4.03. The van der Waals surface area contributed by atoms with Gasteiger partial charge >= 0.3 is 0 Å². The highest BCUT2D eigenvalue weighted by Crippen LogP contribution is 2.22. The zero-order valence-electron chi connectivity index (χ0n) is 11.0. The number of benzene rings is 2. The Morgan fingerprint density at radius 2 is 1.90 bits per heavy atom. The molecule has 0 aliphatic rings. The maximum Gasteiger partial charge on any atom is 0.242 e. The molecule has 21 heavy (non-hydrogen) atoms. The number of nitrogens with two attached hydrogens (primary N) is 1. The molecule has 2 rings (SSSR count). The fraction of sp³-hybridized carbons (Fsp3) is 0.143. The van der Waals surface area contributed by atoms with Crippen LogP contribution in [0.25, 0.3) is 0 Å². The van der Waals surface area contributed by atoms with E-state index in [2.05, 4.69) is 20.7 Å². The average Bonchev–Trinajstić information content (AvgIpc) is 2.40. The molecule has 0 bridgehead atoms. The molecule has 0 spiro atoms. The maximum atomic E-state index is 13.4. The first-order valence-electron chi connectivity index (χ1n) is 6.18. The molecule has 0 saturated heterocycles. The van der Waals surface area contributed by atoms with E-state index < -0.39 is 10.0 Å². The molecular formula is C14H14BrFN2O2S. The summed E-state index contributed by atoms with van der Waals surface area (Å²) < 4.78 is 40.8. The molecule has 0 amide bonds. The van der Waals surface area contributed by atoms with Gasteiger partial charge in [0.05, 0.1) is 5.69 Å². The number of hydrogen-bond acceptors (Lipinski definition) is 3. The summed E-state index contributed by atoms with van der Waals surface area (Å²) in [5, 5.41) is 0. The Morgan fingerprint density at radius 3 is 2.57 bits per heavy atom. The summed E-state index contributed by atoms with van der Waals surface area (Å²) in [6.45, 7) is 0.0960. The lowest BCUT2D eigenvalue weighted by Gasteiger charge is -2.09. The third-order valence-corrected chi connectivity index (χ3v) is 4.93. The molecule has 0 saturated carbocycles. The summed E-state index contributed by atoms with van der Waals surface area (Å²) in [5.41, 5.74) is 6.32. The van der Waals surface area contributed by atoms with E-state index in [1.807, 2.05) is 0 Å². The van der Waals surface area contributed by atoms with E-state index in [-0.39, 0.29) is 29.4 Å². The van der Waals surface area contributed by atoms with Crippen LogP contribution >= 0.6 is 15.9 Å². The van der Waals surface area contributed by atoms with Gasteiger partial charge in [-0.2, -0.15) is 0 Å². The van der Waals surface area contributed by atoms with Crippen molar-refractivity contribution < 1.29 is 12.8 Å². The van der Waals surface area contributed by atoms with Crippen molar-refractivity contribution in [2.75, 3.05) is 12.3 Å². The van der Waals surface area contributed by atoms with Crippen molar-refractivity contribution >= 4 is 31.6 Å². The minimum atomic E-state index is -3.71. The highest BCUT2D eigenvalue weighted by Gasteiger charge is 2.17. The number of rotatable bonds is 5.